The van der Waals surface area contributed by atoms with E-state index in [9.17, 15) is 0 Å². The molecule has 0 radical (unpaired) electrons. The molecule has 1 unspecified atom stereocenters. The third-order valence-corrected chi connectivity index (χ3v) is 2.46. The van der Waals surface area contributed by atoms with Crippen molar-refractivity contribution in [2.24, 2.45) is 11.8 Å². The molecule has 2 nitrogen and oxygen atoms in total. The fraction of sp³-hybridized carbons (Fsp3) is 1.00. The van der Waals surface area contributed by atoms with E-state index >= 15 is 0 Å². The summed E-state index contributed by atoms with van der Waals surface area (Å²) >= 11 is 0. The van der Waals surface area contributed by atoms with E-state index in [1.54, 1.807) is 0 Å². The Labute approximate surface area is 83.5 Å². The average Bonchev–Trinajstić information content (AvgIpc) is 2.02. The molecule has 0 saturated heterocycles. The van der Waals surface area contributed by atoms with Crippen molar-refractivity contribution < 1.29 is 0 Å². The van der Waals surface area contributed by atoms with Crippen LogP contribution in [0.5, 0.6) is 0 Å². The summed E-state index contributed by atoms with van der Waals surface area (Å²) in [6.45, 7) is 14.5. The van der Waals surface area contributed by atoms with Crippen LogP contribution in [0.25, 0.3) is 0 Å². The van der Waals surface area contributed by atoms with Gasteiger partial charge in [0.05, 0.1) is 0 Å². The predicted octanol–water partition coefficient (Wildman–Crippen LogP) is 1.87. The molecule has 0 bridgehead atoms. The summed E-state index contributed by atoms with van der Waals surface area (Å²) in [4.78, 5) is 0. The highest BCUT2D eigenvalue weighted by molar-refractivity contribution is 4.62. The van der Waals surface area contributed by atoms with Crippen molar-refractivity contribution in [2.45, 2.75) is 40.7 Å². The van der Waals surface area contributed by atoms with Gasteiger partial charge in [-0.25, -0.2) is 0 Å². The Kier molecular flexibility index (Phi) is 7.29. The zero-order valence-corrected chi connectivity index (χ0v) is 9.85. The lowest BCUT2D eigenvalue weighted by Gasteiger charge is -2.16. The van der Waals surface area contributed by atoms with E-state index in [2.05, 4.69) is 45.3 Å². The molecule has 13 heavy (non-hydrogen) atoms. The fourth-order valence-electron chi connectivity index (χ4n) is 1.01. The molecular formula is C11H26N2. The lowest BCUT2D eigenvalue weighted by molar-refractivity contribution is 0.391. The monoisotopic (exact) mass is 186 g/mol. The first kappa shape index (κ1) is 12.9. The third-order valence-electron chi connectivity index (χ3n) is 2.46. The summed E-state index contributed by atoms with van der Waals surface area (Å²) in [5.41, 5.74) is 0. The lowest BCUT2D eigenvalue weighted by Crippen LogP contribution is -2.34. The Hall–Kier alpha value is -0.0800. The molecule has 0 aliphatic rings. The van der Waals surface area contributed by atoms with Gasteiger partial charge in [-0.3, -0.25) is 0 Å². The van der Waals surface area contributed by atoms with Crippen molar-refractivity contribution in [3.8, 4) is 0 Å². The maximum absolute atomic E-state index is 3.46. The largest absolute Gasteiger partial charge is 0.315 e. The van der Waals surface area contributed by atoms with E-state index in [1.807, 2.05) is 0 Å². The minimum Gasteiger partial charge on any atom is -0.315 e. The normalized spacial score (nSPS) is 14.1. The molecule has 0 aromatic rings. The maximum atomic E-state index is 3.46. The molecule has 0 rings (SSSR count). The summed E-state index contributed by atoms with van der Waals surface area (Å²) in [5, 5.41) is 6.85. The molecule has 0 aliphatic heterocycles. The van der Waals surface area contributed by atoms with Gasteiger partial charge in [-0.2, -0.15) is 0 Å². The summed E-state index contributed by atoms with van der Waals surface area (Å²) in [6.07, 6.45) is 0. The highest BCUT2D eigenvalue weighted by Gasteiger charge is 2.05. The second-order valence-electron chi connectivity index (χ2n) is 4.53. The maximum Gasteiger partial charge on any atom is 0.00790 e. The first-order valence-electron chi connectivity index (χ1n) is 5.48. The van der Waals surface area contributed by atoms with Crippen LogP contribution in [0.3, 0.4) is 0 Å². The number of hydrogen-bond acceptors (Lipinski definition) is 2. The minimum absolute atomic E-state index is 0.601. The Morgan fingerprint density at radius 2 is 1.54 bits per heavy atom. The average molecular weight is 186 g/mol. The predicted molar refractivity (Wildman–Crippen MR) is 60.0 cm³/mol. The van der Waals surface area contributed by atoms with Gasteiger partial charge in [-0.1, -0.05) is 34.6 Å². The first-order chi connectivity index (χ1) is 6.04. The minimum atomic E-state index is 0.601. The van der Waals surface area contributed by atoms with Crippen molar-refractivity contribution in [3.05, 3.63) is 0 Å². The highest BCUT2D eigenvalue weighted by atomic mass is 15.0. The summed E-state index contributed by atoms with van der Waals surface area (Å²) in [6, 6.07) is 0.601. The van der Waals surface area contributed by atoms with E-state index in [0.29, 0.717) is 6.04 Å². The van der Waals surface area contributed by atoms with Gasteiger partial charge in [0.25, 0.3) is 0 Å². The van der Waals surface area contributed by atoms with Crippen LogP contribution in [-0.4, -0.2) is 25.7 Å². The van der Waals surface area contributed by atoms with Crippen LogP contribution in [-0.2, 0) is 0 Å². The smallest absolute Gasteiger partial charge is 0.00790 e. The summed E-state index contributed by atoms with van der Waals surface area (Å²) in [5.74, 6) is 1.56. The SMILES string of the molecule is CC(C)NCCNCC(C)C(C)C. The Morgan fingerprint density at radius 1 is 0.923 bits per heavy atom. The van der Waals surface area contributed by atoms with E-state index in [-0.39, 0.29) is 0 Å². The van der Waals surface area contributed by atoms with Crippen LogP contribution in [0.1, 0.15) is 34.6 Å². The fourth-order valence-corrected chi connectivity index (χ4v) is 1.01. The molecule has 0 aromatic heterocycles. The van der Waals surface area contributed by atoms with Crippen LogP contribution in [0.15, 0.2) is 0 Å². The second-order valence-corrected chi connectivity index (χ2v) is 4.53. The number of hydrogen-bond donors (Lipinski definition) is 2. The standard InChI is InChI=1S/C11H26N2/c1-9(2)11(5)8-12-6-7-13-10(3)4/h9-13H,6-8H2,1-5H3. The van der Waals surface area contributed by atoms with Crippen molar-refractivity contribution in [2.75, 3.05) is 19.6 Å². The molecule has 2 N–H and O–H groups in total. The van der Waals surface area contributed by atoms with E-state index in [0.717, 1.165) is 31.5 Å². The van der Waals surface area contributed by atoms with Crippen molar-refractivity contribution in [3.63, 3.8) is 0 Å². The Morgan fingerprint density at radius 3 is 2.00 bits per heavy atom. The van der Waals surface area contributed by atoms with E-state index < -0.39 is 0 Å². The third kappa shape index (κ3) is 8.26. The highest BCUT2D eigenvalue weighted by Crippen LogP contribution is 2.06. The molecule has 0 spiro atoms. The molecule has 80 valence electrons. The lowest BCUT2D eigenvalue weighted by atomic mass is 9.98. The van der Waals surface area contributed by atoms with Gasteiger partial charge < -0.3 is 10.6 Å². The molecule has 0 aliphatic carbocycles. The molecule has 0 saturated carbocycles. The topological polar surface area (TPSA) is 24.1 Å². The molecule has 1 atom stereocenters. The molecule has 0 aromatic carbocycles. The quantitative estimate of drug-likeness (QED) is 0.593. The van der Waals surface area contributed by atoms with E-state index in [4.69, 9.17) is 0 Å². The van der Waals surface area contributed by atoms with Crippen LogP contribution in [0.4, 0.5) is 0 Å². The van der Waals surface area contributed by atoms with Crippen molar-refractivity contribution >= 4 is 0 Å². The van der Waals surface area contributed by atoms with Crippen LogP contribution < -0.4 is 10.6 Å². The van der Waals surface area contributed by atoms with Gasteiger partial charge in [0, 0.05) is 19.1 Å². The Bertz CT molecular complexity index is 111. The molecular weight excluding hydrogens is 160 g/mol. The molecule has 0 fully saturated rings. The zero-order valence-electron chi connectivity index (χ0n) is 9.85. The zero-order chi connectivity index (χ0) is 10.3. The van der Waals surface area contributed by atoms with Gasteiger partial charge in [0.2, 0.25) is 0 Å². The van der Waals surface area contributed by atoms with Crippen molar-refractivity contribution in [1.82, 2.24) is 10.6 Å². The molecule has 0 heterocycles. The van der Waals surface area contributed by atoms with Crippen LogP contribution in [0.2, 0.25) is 0 Å². The molecule has 0 amide bonds. The number of rotatable bonds is 7. The van der Waals surface area contributed by atoms with Crippen molar-refractivity contribution in [1.29, 1.82) is 0 Å². The van der Waals surface area contributed by atoms with Gasteiger partial charge >= 0.3 is 0 Å². The van der Waals surface area contributed by atoms with Gasteiger partial charge in [-0.15, -0.1) is 0 Å². The van der Waals surface area contributed by atoms with E-state index in [1.165, 1.54) is 0 Å². The van der Waals surface area contributed by atoms with Crippen LogP contribution in [0, 0.1) is 11.8 Å². The summed E-state index contributed by atoms with van der Waals surface area (Å²) < 4.78 is 0. The molecule has 2 heteroatoms. The first-order valence-corrected chi connectivity index (χ1v) is 5.48. The van der Waals surface area contributed by atoms with Gasteiger partial charge in [0.15, 0.2) is 0 Å². The van der Waals surface area contributed by atoms with Gasteiger partial charge in [-0.05, 0) is 18.4 Å². The summed E-state index contributed by atoms with van der Waals surface area (Å²) in [7, 11) is 0. The second kappa shape index (κ2) is 7.34. The van der Waals surface area contributed by atoms with Crippen LogP contribution >= 0.6 is 0 Å². The number of nitrogens with one attached hydrogen (secondary N) is 2. The Balaban J connectivity index is 3.16. The van der Waals surface area contributed by atoms with Gasteiger partial charge in [0.1, 0.15) is 0 Å².